The lowest BCUT2D eigenvalue weighted by molar-refractivity contribution is -0.133. The van der Waals surface area contributed by atoms with Crippen LogP contribution < -0.4 is 49.9 Å². The highest BCUT2D eigenvalue weighted by atomic mass is 35.5. The molecule has 1 aliphatic rings. The average molecular weight is 866 g/mol. The van der Waals surface area contributed by atoms with Crippen molar-refractivity contribution in [3.63, 3.8) is 0 Å². The summed E-state index contributed by atoms with van der Waals surface area (Å²) in [6.07, 6.45) is 2.69. The molecule has 0 aliphatic carbocycles. The molecule has 0 aromatic heterocycles. The maximum Gasteiger partial charge on any atom is 0.243 e. The number of halogens is 5. The third kappa shape index (κ3) is 17.8. The van der Waals surface area contributed by atoms with Crippen LogP contribution in [-0.4, -0.2) is 90.2 Å². The number of nitrogens with one attached hydrogen (secondary N) is 4. The number of aromatic hydroxyl groups is 2. The molecule has 0 fully saturated rings. The van der Waals surface area contributed by atoms with E-state index in [9.17, 15) is 29.4 Å². The van der Waals surface area contributed by atoms with E-state index < -0.39 is 41.9 Å². The van der Waals surface area contributed by atoms with E-state index in [-0.39, 0.29) is 124 Å². The minimum atomic E-state index is -1.21. The lowest BCUT2D eigenvalue weighted by atomic mass is 9.95. The van der Waals surface area contributed by atoms with Gasteiger partial charge in [0.15, 0.2) is 0 Å². The van der Waals surface area contributed by atoms with Crippen molar-refractivity contribution in [2.24, 2.45) is 28.7 Å². The molecular formula is C34H58Cl5N9O6. The Bertz CT molecular complexity index is 1450. The number of phenols is 2. The Kier molecular flexibility index (Phi) is 29.4. The van der Waals surface area contributed by atoms with E-state index >= 15 is 0 Å². The van der Waals surface area contributed by atoms with Crippen molar-refractivity contribution in [2.75, 3.05) is 26.2 Å². The Labute approximate surface area is 347 Å². The zero-order chi connectivity index (χ0) is 35.9. The van der Waals surface area contributed by atoms with Crippen molar-refractivity contribution in [1.29, 1.82) is 0 Å². The molecule has 0 unspecified atom stereocenters. The summed E-state index contributed by atoms with van der Waals surface area (Å²) in [4.78, 5) is 53.7. The van der Waals surface area contributed by atoms with E-state index in [2.05, 4.69) is 21.3 Å². The number of fused-ring (bicyclic) bond motifs is 5. The highest BCUT2D eigenvalue weighted by Gasteiger charge is 2.31. The molecule has 0 saturated carbocycles. The smallest absolute Gasteiger partial charge is 0.243 e. The number of nitrogens with two attached hydrogens (primary N) is 5. The van der Waals surface area contributed by atoms with Gasteiger partial charge in [-0.15, -0.1) is 62.0 Å². The Morgan fingerprint density at radius 3 is 1.87 bits per heavy atom. The van der Waals surface area contributed by atoms with Crippen LogP contribution in [0, 0.1) is 0 Å². The fourth-order valence-corrected chi connectivity index (χ4v) is 5.67. The Morgan fingerprint density at radius 2 is 1.31 bits per heavy atom. The van der Waals surface area contributed by atoms with Crippen LogP contribution in [0.5, 0.6) is 11.5 Å². The van der Waals surface area contributed by atoms with Gasteiger partial charge in [0, 0.05) is 37.9 Å². The molecule has 310 valence electrons. The second-order valence-electron chi connectivity index (χ2n) is 12.6. The highest BCUT2D eigenvalue weighted by Crippen LogP contribution is 2.31. The molecule has 3 rings (SSSR count). The molecule has 2 aromatic carbocycles. The molecule has 54 heavy (non-hydrogen) atoms. The van der Waals surface area contributed by atoms with Gasteiger partial charge in [-0.2, -0.15) is 0 Å². The Morgan fingerprint density at radius 1 is 0.778 bits per heavy atom. The van der Waals surface area contributed by atoms with Crippen molar-refractivity contribution in [3.05, 3.63) is 47.5 Å². The van der Waals surface area contributed by atoms with Gasteiger partial charge < -0.3 is 60.1 Å². The second kappa shape index (κ2) is 28.6. The third-order valence-corrected chi connectivity index (χ3v) is 8.53. The zero-order valence-corrected chi connectivity index (χ0v) is 34.1. The van der Waals surface area contributed by atoms with Gasteiger partial charge in [-0.3, -0.25) is 19.2 Å². The highest BCUT2D eigenvalue weighted by molar-refractivity contribution is 5.93. The molecule has 4 amide bonds. The summed E-state index contributed by atoms with van der Waals surface area (Å²) >= 11 is 0. The molecule has 20 heteroatoms. The number of hydrogen-bond donors (Lipinski definition) is 11. The van der Waals surface area contributed by atoms with Gasteiger partial charge in [-0.1, -0.05) is 12.1 Å². The average Bonchev–Trinajstić information content (AvgIpc) is 3.08. The van der Waals surface area contributed by atoms with Gasteiger partial charge >= 0.3 is 0 Å². The van der Waals surface area contributed by atoms with E-state index in [1.807, 2.05) is 0 Å². The van der Waals surface area contributed by atoms with E-state index in [0.29, 0.717) is 61.0 Å². The maximum atomic E-state index is 13.9. The van der Waals surface area contributed by atoms with Crippen LogP contribution in [0.2, 0.25) is 0 Å². The molecule has 0 saturated heterocycles. The first-order chi connectivity index (χ1) is 23.4. The number of amides is 4. The maximum absolute atomic E-state index is 13.9. The molecular weight excluding hydrogens is 808 g/mol. The van der Waals surface area contributed by atoms with Gasteiger partial charge in [0.05, 0.1) is 6.04 Å². The number of carbonyl (C=O) groups is 4. The van der Waals surface area contributed by atoms with Crippen molar-refractivity contribution in [2.45, 2.75) is 88.0 Å². The topological polar surface area (TPSA) is 287 Å². The molecule has 0 radical (unpaired) electrons. The summed E-state index contributed by atoms with van der Waals surface area (Å²) in [6.45, 7) is 1.34. The van der Waals surface area contributed by atoms with Gasteiger partial charge in [0.25, 0.3) is 0 Å². The predicted octanol–water partition coefficient (Wildman–Crippen LogP) is 0.804. The van der Waals surface area contributed by atoms with Gasteiger partial charge in [0.1, 0.15) is 23.6 Å². The minimum Gasteiger partial charge on any atom is -0.508 e. The second-order valence-corrected chi connectivity index (χ2v) is 12.6. The molecule has 16 N–H and O–H groups in total. The first-order valence-corrected chi connectivity index (χ1v) is 16.9. The van der Waals surface area contributed by atoms with Crippen LogP contribution in [0.4, 0.5) is 0 Å². The summed E-state index contributed by atoms with van der Waals surface area (Å²) < 4.78 is 0. The van der Waals surface area contributed by atoms with Gasteiger partial charge in [-0.25, -0.2) is 0 Å². The Hall–Kier alpha value is -2.83. The van der Waals surface area contributed by atoms with Crippen LogP contribution in [-0.2, 0) is 32.0 Å². The number of benzene rings is 2. The molecule has 5 atom stereocenters. The standard InChI is InChI=1S/C34H53N9O6.5ClH/c35-11-1-4-24(38)19-40-31(46)18-25(5-2-12-36)41-34(49)28-17-23-15-21(8-10-30(23)45)20-7-9-29(44)22(14-20)16-26(39)32(47)42-27(6-3-13-37)33(48)43-28;;;;;/h7-10,14-15,24-28,44-45H,1-6,11-13,16-19,35-39H2,(H,40,46)(H,41,49)(H,42,47)(H,43,48);5*1H/t24-,25-,26-,27-,28-;;;;;/m0...../s1. The molecule has 0 spiro atoms. The molecule has 1 heterocycles. The van der Waals surface area contributed by atoms with E-state index in [1.54, 1.807) is 24.3 Å². The molecule has 2 aromatic rings. The van der Waals surface area contributed by atoms with Crippen LogP contribution in [0.3, 0.4) is 0 Å². The molecule has 1 aliphatic heterocycles. The van der Waals surface area contributed by atoms with E-state index in [1.165, 1.54) is 12.1 Å². The Balaban J connectivity index is -0.00000520. The lowest BCUT2D eigenvalue weighted by Gasteiger charge is -2.26. The van der Waals surface area contributed by atoms with Crippen LogP contribution in [0.15, 0.2) is 36.4 Å². The van der Waals surface area contributed by atoms with Crippen LogP contribution in [0.25, 0.3) is 11.1 Å². The molecule has 15 nitrogen and oxygen atoms in total. The summed E-state index contributed by atoms with van der Waals surface area (Å²) in [5.74, 6) is -2.31. The fourth-order valence-electron chi connectivity index (χ4n) is 5.67. The summed E-state index contributed by atoms with van der Waals surface area (Å²) in [5, 5.41) is 32.5. The first-order valence-electron chi connectivity index (χ1n) is 16.9. The third-order valence-electron chi connectivity index (χ3n) is 8.53. The van der Waals surface area contributed by atoms with Crippen molar-refractivity contribution in [3.8, 4) is 22.6 Å². The zero-order valence-electron chi connectivity index (χ0n) is 30.0. The molecule has 4 bridgehead atoms. The number of hydrogen-bond acceptors (Lipinski definition) is 11. The van der Waals surface area contributed by atoms with Gasteiger partial charge in [-0.05, 0) is 105 Å². The minimum absolute atomic E-state index is 0. The summed E-state index contributed by atoms with van der Waals surface area (Å²) in [5.41, 5.74) is 31.4. The number of rotatable bonds is 15. The SMILES string of the molecule is Cl.Cl.Cl.Cl.Cl.NCCC[C@H](N)CNC(=O)C[C@H](CCCN)NC(=O)[C@@H]1Cc2cc(ccc2O)-c2ccc(O)c(c2)C[C@H](N)C(=O)N[C@@H](CCCN)C(=O)N1. The van der Waals surface area contributed by atoms with Crippen molar-refractivity contribution in [1.82, 2.24) is 21.3 Å². The predicted molar refractivity (Wildman–Crippen MR) is 223 cm³/mol. The van der Waals surface area contributed by atoms with Crippen LogP contribution >= 0.6 is 62.0 Å². The number of carbonyl (C=O) groups excluding carboxylic acids is 4. The summed E-state index contributed by atoms with van der Waals surface area (Å²) in [6, 6.07) is 5.48. The first kappa shape index (κ1) is 55.5. The number of phenolic OH excluding ortho intramolecular Hbond substituents is 2. The van der Waals surface area contributed by atoms with Gasteiger partial charge in [0.2, 0.25) is 23.6 Å². The lowest BCUT2D eigenvalue weighted by Crippen LogP contribution is -2.57. The summed E-state index contributed by atoms with van der Waals surface area (Å²) in [7, 11) is 0. The van der Waals surface area contributed by atoms with Crippen molar-refractivity contribution >= 4 is 85.7 Å². The van der Waals surface area contributed by atoms with E-state index in [4.69, 9.17) is 28.7 Å². The van der Waals surface area contributed by atoms with Crippen LogP contribution in [0.1, 0.15) is 56.1 Å². The van der Waals surface area contributed by atoms with E-state index in [0.717, 1.165) is 6.42 Å². The van der Waals surface area contributed by atoms with Crippen molar-refractivity contribution < 1.29 is 29.4 Å². The largest absolute Gasteiger partial charge is 0.508 e. The quantitative estimate of drug-likeness (QED) is 0.119. The monoisotopic (exact) mass is 863 g/mol. The normalized spacial score (nSPS) is 17.6. The fraction of sp³-hybridized carbons (Fsp3) is 0.529.